The van der Waals surface area contributed by atoms with Crippen molar-refractivity contribution in [2.24, 2.45) is 11.8 Å². The van der Waals surface area contributed by atoms with E-state index in [1.165, 1.54) is 22.3 Å². The minimum absolute atomic E-state index is 0.0000463. The monoisotopic (exact) mass is 230 g/mol. The molecule has 1 fully saturated rings. The highest BCUT2D eigenvalue weighted by Crippen LogP contribution is 2.45. The third kappa shape index (κ3) is 1.43. The van der Waals surface area contributed by atoms with E-state index in [-0.39, 0.29) is 18.0 Å². The number of carbonyl (C=O) groups excluding carboxylic acids is 1. The van der Waals surface area contributed by atoms with Gasteiger partial charge in [-0.3, -0.25) is 4.79 Å². The van der Waals surface area contributed by atoms with Gasteiger partial charge in [-0.15, -0.1) is 0 Å². The van der Waals surface area contributed by atoms with Crippen molar-refractivity contribution in [3.05, 3.63) is 34.4 Å². The minimum atomic E-state index is -0.0221. The zero-order valence-electron chi connectivity index (χ0n) is 10.6. The third-order valence-electron chi connectivity index (χ3n) is 4.46. The second-order valence-electron chi connectivity index (χ2n) is 5.47. The number of hydrogen-bond donors (Lipinski definition) is 0. The molecule has 2 aliphatic carbocycles. The molecule has 0 saturated carbocycles. The quantitative estimate of drug-likeness (QED) is 0.597. The number of fused-ring (bicyclic) bond motifs is 3. The lowest BCUT2D eigenvalue weighted by molar-refractivity contribution is -0.142. The van der Waals surface area contributed by atoms with Crippen molar-refractivity contribution >= 4 is 5.97 Å². The second-order valence-corrected chi connectivity index (χ2v) is 5.47. The fourth-order valence-electron chi connectivity index (χ4n) is 3.30. The molecule has 0 spiro atoms. The normalized spacial score (nSPS) is 35.9. The van der Waals surface area contributed by atoms with Crippen molar-refractivity contribution in [2.75, 3.05) is 0 Å². The van der Waals surface area contributed by atoms with Crippen molar-refractivity contribution in [3.63, 3.8) is 0 Å². The van der Waals surface area contributed by atoms with Crippen LogP contribution in [0, 0.1) is 11.8 Å². The zero-order chi connectivity index (χ0) is 12.2. The van der Waals surface area contributed by atoms with Gasteiger partial charge >= 0.3 is 5.97 Å². The van der Waals surface area contributed by atoms with Crippen LogP contribution in [-0.2, 0) is 9.53 Å². The van der Waals surface area contributed by atoms with E-state index in [1.807, 2.05) is 6.92 Å². The Balaban J connectivity index is 2.09. The van der Waals surface area contributed by atoms with Gasteiger partial charge in [0.15, 0.2) is 0 Å². The minimum Gasteiger partial charge on any atom is -0.457 e. The third-order valence-corrected chi connectivity index (χ3v) is 4.46. The van der Waals surface area contributed by atoms with Crippen molar-refractivity contribution in [1.82, 2.24) is 0 Å². The molecule has 0 aromatic heterocycles. The van der Waals surface area contributed by atoms with Crippen LogP contribution in [0.3, 0.4) is 0 Å². The zero-order valence-corrected chi connectivity index (χ0v) is 10.6. The van der Waals surface area contributed by atoms with Crippen molar-refractivity contribution in [1.29, 1.82) is 0 Å². The van der Waals surface area contributed by atoms with Gasteiger partial charge in [0.2, 0.25) is 0 Å². The second kappa shape index (κ2) is 3.59. The molecule has 0 aromatic rings. The lowest BCUT2D eigenvalue weighted by atomic mass is 9.85. The summed E-state index contributed by atoms with van der Waals surface area (Å²) in [5.41, 5.74) is 5.28. The van der Waals surface area contributed by atoms with Crippen LogP contribution < -0.4 is 0 Å². The van der Waals surface area contributed by atoms with E-state index in [0.29, 0.717) is 5.92 Å². The molecule has 2 nitrogen and oxygen atoms in total. The molecule has 17 heavy (non-hydrogen) atoms. The first kappa shape index (κ1) is 10.8. The van der Waals surface area contributed by atoms with E-state index < -0.39 is 0 Å². The van der Waals surface area contributed by atoms with E-state index in [9.17, 15) is 4.79 Å². The largest absolute Gasteiger partial charge is 0.457 e. The van der Waals surface area contributed by atoms with Crippen molar-refractivity contribution < 1.29 is 9.53 Å². The summed E-state index contributed by atoms with van der Waals surface area (Å²) < 4.78 is 5.62. The highest BCUT2D eigenvalue weighted by Gasteiger charge is 2.46. The predicted octanol–water partition coefficient (Wildman–Crippen LogP) is 3.16. The Hall–Kier alpha value is -1.31. The average Bonchev–Trinajstić information content (AvgIpc) is 2.75. The standard InChI is InChI=1S/C15H18O2/c1-8-4-7-12-10(3)15(16)17-14(12)13-9(2)5-6-11(8)13/h5-6,10,12,14H,4,7H2,1-3H3/t10-,12+,14-/m1/s1. The molecular weight excluding hydrogens is 212 g/mol. The molecule has 0 radical (unpaired) electrons. The summed E-state index contributed by atoms with van der Waals surface area (Å²) in [6.07, 6.45) is 6.47. The molecule has 2 heteroatoms. The molecule has 0 amide bonds. The van der Waals surface area contributed by atoms with Gasteiger partial charge in [0.1, 0.15) is 6.10 Å². The maximum atomic E-state index is 11.7. The van der Waals surface area contributed by atoms with Crippen LogP contribution in [-0.4, -0.2) is 12.1 Å². The van der Waals surface area contributed by atoms with Gasteiger partial charge in [-0.1, -0.05) is 24.6 Å². The van der Waals surface area contributed by atoms with E-state index in [1.54, 1.807) is 0 Å². The lowest BCUT2D eigenvalue weighted by Crippen LogP contribution is -2.20. The maximum Gasteiger partial charge on any atom is 0.309 e. The van der Waals surface area contributed by atoms with Crippen LogP contribution in [0.25, 0.3) is 0 Å². The van der Waals surface area contributed by atoms with Gasteiger partial charge in [0.25, 0.3) is 0 Å². The van der Waals surface area contributed by atoms with Gasteiger partial charge in [0.05, 0.1) is 5.92 Å². The molecule has 1 aliphatic heterocycles. The van der Waals surface area contributed by atoms with Gasteiger partial charge in [-0.25, -0.2) is 0 Å². The summed E-state index contributed by atoms with van der Waals surface area (Å²) in [5, 5.41) is 0. The molecule has 0 unspecified atom stereocenters. The van der Waals surface area contributed by atoms with Crippen molar-refractivity contribution in [2.45, 2.75) is 39.7 Å². The molecule has 3 atom stereocenters. The Bertz CT molecular complexity index is 479. The summed E-state index contributed by atoms with van der Waals surface area (Å²) in [6.45, 7) is 6.32. The molecule has 1 heterocycles. The number of ether oxygens (including phenoxy) is 1. The Labute approximate surface area is 102 Å². The molecule has 0 N–H and O–H groups in total. The van der Waals surface area contributed by atoms with Gasteiger partial charge in [-0.2, -0.15) is 0 Å². The van der Waals surface area contributed by atoms with Crippen LogP contribution in [0.5, 0.6) is 0 Å². The number of hydrogen-bond acceptors (Lipinski definition) is 2. The summed E-state index contributed by atoms with van der Waals surface area (Å²) in [4.78, 5) is 11.7. The molecule has 90 valence electrons. The van der Waals surface area contributed by atoms with E-state index >= 15 is 0 Å². The fraction of sp³-hybridized carbons (Fsp3) is 0.533. The first-order chi connectivity index (χ1) is 8.09. The molecular formula is C15H18O2. The SMILES string of the molecule is CC1=C2C(=C(C)CC[C@H]3[C@@H](C)C(=O)O[C@@H]23)C=C1. The van der Waals surface area contributed by atoms with Gasteiger partial charge in [0, 0.05) is 11.5 Å². The number of carbonyl (C=O) groups is 1. The van der Waals surface area contributed by atoms with Crippen LogP contribution in [0.1, 0.15) is 33.6 Å². The average molecular weight is 230 g/mol. The molecule has 1 saturated heterocycles. The summed E-state index contributed by atoms with van der Waals surface area (Å²) in [5.74, 6) is 0.388. The number of rotatable bonds is 0. The van der Waals surface area contributed by atoms with Crippen LogP contribution >= 0.6 is 0 Å². The lowest BCUT2D eigenvalue weighted by Gasteiger charge is -2.19. The fourth-order valence-corrected chi connectivity index (χ4v) is 3.30. The molecule has 3 rings (SSSR count). The topological polar surface area (TPSA) is 26.3 Å². The number of allylic oxidation sites excluding steroid dienone is 4. The summed E-state index contributed by atoms with van der Waals surface area (Å²) >= 11 is 0. The first-order valence-electron chi connectivity index (χ1n) is 6.39. The molecule has 0 aromatic carbocycles. The maximum absolute atomic E-state index is 11.7. The Kier molecular flexibility index (Phi) is 2.29. The van der Waals surface area contributed by atoms with E-state index in [0.717, 1.165) is 12.8 Å². The van der Waals surface area contributed by atoms with E-state index in [2.05, 4.69) is 26.0 Å². The highest BCUT2D eigenvalue weighted by atomic mass is 16.6. The van der Waals surface area contributed by atoms with Crippen LogP contribution in [0.2, 0.25) is 0 Å². The predicted molar refractivity (Wildman–Crippen MR) is 66.3 cm³/mol. The summed E-state index contributed by atoms with van der Waals surface area (Å²) in [7, 11) is 0. The smallest absolute Gasteiger partial charge is 0.309 e. The first-order valence-corrected chi connectivity index (χ1v) is 6.39. The van der Waals surface area contributed by atoms with Crippen LogP contribution in [0.15, 0.2) is 34.4 Å². The van der Waals surface area contributed by atoms with Gasteiger partial charge in [-0.05, 0) is 37.8 Å². The highest BCUT2D eigenvalue weighted by molar-refractivity contribution is 5.76. The Morgan fingerprint density at radius 2 is 2.06 bits per heavy atom. The van der Waals surface area contributed by atoms with E-state index in [4.69, 9.17) is 4.74 Å². The van der Waals surface area contributed by atoms with Gasteiger partial charge < -0.3 is 4.74 Å². The Morgan fingerprint density at radius 1 is 1.29 bits per heavy atom. The van der Waals surface area contributed by atoms with Crippen LogP contribution in [0.4, 0.5) is 0 Å². The Morgan fingerprint density at radius 3 is 2.82 bits per heavy atom. The summed E-state index contributed by atoms with van der Waals surface area (Å²) in [6, 6.07) is 0. The van der Waals surface area contributed by atoms with Crippen molar-refractivity contribution in [3.8, 4) is 0 Å². The molecule has 3 aliphatic rings. The molecule has 0 bridgehead atoms. The number of esters is 1.